The fourth-order valence-corrected chi connectivity index (χ4v) is 6.14. The maximum atomic E-state index is 5.93. The van der Waals surface area contributed by atoms with Crippen LogP contribution in [0.15, 0.2) is 54.7 Å². The van der Waals surface area contributed by atoms with Crippen molar-refractivity contribution in [3.63, 3.8) is 0 Å². The molecule has 0 amide bonds. The second-order valence-electron chi connectivity index (χ2n) is 9.88. The number of aromatic nitrogens is 2. The van der Waals surface area contributed by atoms with E-state index in [0.29, 0.717) is 12.0 Å². The number of pyridine rings is 1. The average molecular weight is 459 g/mol. The van der Waals surface area contributed by atoms with Crippen molar-refractivity contribution in [2.45, 2.75) is 77.4 Å². The number of rotatable bonds is 5. The van der Waals surface area contributed by atoms with E-state index >= 15 is 0 Å². The van der Waals surface area contributed by atoms with Gasteiger partial charge in [-0.05, 0) is 86.3 Å². The topological polar surface area (TPSA) is 33.1 Å². The molecular weight excluding hydrogens is 424 g/mol. The number of anilines is 1. The Morgan fingerprint density at radius 3 is 2.39 bits per heavy atom. The van der Waals surface area contributed by atoms with Crippen molar-refractivity contribution in [3.05, 3.63) is 82.9 Å². The van der Waals surface area contributed by atoms with Crippen LogP contribution in [0.4, 0.5) is 5.69 Å². The molecule has 2 fully saturated rings. The summed E-state index contributed by atoms with van der Waals surface area (Å²) in [6.45, 7) is 9.01. The molecule has 0 radical (unpaired) electrons. The van der Waals surface area contributed by atoms with E-state index in [9.17, 15) is 0 Å². The molecule has 3 heterocycles. The van der Waals surface area contributed by atoms with Gasteiger partial charge in [0.1, 0.15) is 0 Å². The van der Waals surface area contributed by atoms with Crippen molar-refractivity contribution in [3.8, 4) is 0 Å². The SMILES string of the molecule is Cc1cc([C@@H]2[C@@H](c3ccccn3)NC(=S)N2c2ccc(C(C)C)cc2)c(C)n1C1CCCC1. The van der Waals surface area contributed by atoms with Gasteiger partial charge in [0, 0.05) is 29.3 Å². The lowest BCUT2D eigenvalue weighted by Crippen LogP contribution is -2.29. The van der Waals surface area contributed by atoms with Gasteiger partial charge in [0.05, 0.1) is 17.8 Å². The predicted octanol–water partition coefficient (Wildman–Crippen LogP) is 6.92. The molecule has 0 unspecified atom stereocenters. The third-order valence-electron chi connectivity index (χ3n) is 7.47. The van der Waals surface area contributed by atoms with E-state index in [-0.39, 0.29) is 12.1 Å². The smallest absolute Gasteiger partial charge is 0.174 e. The highest BCUT2D eigenvalue weighted by molar-refractivity contribution is 7.80. The van der Waals surface area contributed by atoms with Crippen LogP contribution in [0, 0.1) is 13.8 Å². The quantitative estimate of drug-likeness (QED) is 0.421. The molecule has 0 spiro atoms. The van der Waals surface area contributed by atoms with Gasteiger partial charge in [-0.2, -0.15) is 0 Å². The minimum absolute atomic E-state index is 0.000929. The number of aryl methyl sites for hydroxylation is 1. The highest BCUT2D eigenvalue weighted by Crippen LogP contribution is 2.45. The van der Waals surface area contributed by atoms with Crippen molar-refractivity contribution in [2.24, 2.45) is 0 Å². The number of thiocarbonyl (C=S) groups is 1. The second-order valence-corrected chi connectivity index (χ2v) is 10.3. The summed E-state index contributed by atoms with van der Waals surface area (Å²) >= 11 is 5.93. The zero-order chi connectivity index (χ0) is 23.1. The first-order chi connectivity index (χ1) is 16.0. The van der Waals surface area contributed by atoms with Crippen LogP contribution in [0.1, 0.15) is 91.8 Å². The van der Waals surface area contributed by atoms with Gasteiger partial charge in [-0.15, -0.1) is 0 Å². The molecular formula is C28H34N4S. The average Bonchev–Trinajstić information content (AvgIpc) is 3.52. The van der Waals surface area contributed by atoms with Crippen LogP contribution < -0.4 is 10.2 Å². The Labute approximate surface area is 203 Å². The Morgan fingerprint density at radius 2 is 1.76 bits per heavy atom. The fraction of sp³-hybridized carbons (Fsp3) is 0.429. The first-order valence-corrected chi connectivity index (χ1v) is 12.7. The summed E-state index contributed by atoms with van der Waals surface area (Å²) in [7, 11) is 0. The van der Waals surface area contributed by atoms with Crippen molar-refractivity contribution in [1.82, 2.24) is 14.9 Å². The van der Waals surface area contributed by atoms with Gasteiger partial charge in [-0.1, -0.05) is 44.9 Å². The van der Waals surface area contributed by atoms with Crippen LogP contribution in [-0.4, -0.2) is 14.7 Å². The molecule has 5 heteroatoms. The molecule has 1 N–H and O–H groups in total. The van der Waals surface area contributed by atoms with Crippen molar-refractivity contribution < 1.29 is 0 Å². The van der Waals surface area contributed by atoms with E-state index in [1.54, 1.807) is 0 Å². The molecule has 1 aliphatic carbocycles. The zero-order valence-electron chi connectivity index (χ0n) is 20.1. The van der Waals surface area contributed by atoms with Crippen LogP contribution in [0.5, 0.6) is 0 Å². The largest absolute Gasteiger partial charge is 0.351 e. The van der Waals surface area contributed by atoms with Gasteiger partial charge in [0.25, 0.3) is 0 Å². The lowest BCUT2D eigenvalue weighted by molar-refractivity contribution is 0.494. The van der Waals surface area contributed by atoms with Crippen LogP contribution in [0.25, 0.3) is 0 Å². The number of nitrogens with zero attached hydrogens (tertiary/aromatic N) is 3. The fourth-order valence-electron chi connectivity index (χ4n) is 5.80. The number of benzene rings is 1. The highest BCUT2D eigenvalue weighted by Gasteiger charge is 2.42. The van der Waals surface area contributed by atoms with Crippen LogP contribution in [-0.2, 0) is 0 Å². The van der Waals surface area contributed by atoms with E-state index in [1.807, 2.05) is 12.3 Å². The van der Waals surface area contributed by atoms with Gasteiger partial charge in [-0.25, -0.2) is 0 Å². The van der Waals surface area contributed by atoms with Crippen LogP contribution in [0.2, 0.25) is 0 Å². The lowest BCUT2D eigenvalue weighted by Gasteiger charge is -2.29. The highest BCUT2D eigenvalue weighted by atomic mass is 32.1. The Kier molecular flexibility index (Phi) is 6.00. The molecule has 1 saturated heterocycles. The van der Waals surface area contributed by atoms with Gasteiger partial charge in [0.2, 0.25) is 0 Å². The van der Waals surface area contributed by atoms with E-state index in [2.05, 4.69) is 84.9 Å². The lowest BCUT2D eigenvalue weighted by atomic mass is 9.96. The van der Waals surface area contributed by atoms with Gasteiger partial charge >= 0.3 is 0 Å². The molecule has 4 nitrogen and oxygen atoms in total. The number of hydrogen-bond acceptors (Lipinski definition) is 2. The minimum Gasteiger partial charge on any atom is -0.351 e. The van der Waals surface area contributed by atoms with Crippen LogP contribution in [0.3, 0.4) is 0 Å². The summed E-state index contributed by atoms with van der Waals surface area (Å²) in [6, 6.07) is 18.1. The molecule has 33 heavy (non-hydrogen) atoms. The van der Waals surface area contributed by atoms with Gasteiger partial charge < -0.3 is 14.8 Å². The van der Waals surface area contributed by atoms with E-state index in [4.69, 9.17) is 17.2 Å². The summed E-state index contributed by atoms with van der Waals surface area (Å²) in [4.78, 5) is 7.02. The zero-order valence-corrected chi connectivity index (χ0v) is 20.9. The molecule has 172 valence electrons. The predicted molar refractivity (Wildman–Crippen MR) is 140 cm³/mol. The summed E-state index contributed by atoms with van der Waals surface area (Å²) in [5, 5.41) is 4.38. The summed E-state index contributed by atoms with van der Waals surface area (Å²) in [5.74, 6) is 0.505. The summed E-state index contributed by atoms with van der Waals surface area (Å²) in [6.07, 6.45) is 7.09. The Morgan fingerprint density at radius 1 is 1.03 bits per heavy atom. The monoisotopic (exact) mass is 458 g/mol. The number of hydrogen-bond donors (Lipinski definition) is 1. The molecule has 1 aromatic carbocycles. The van der Waals surface area contributed by atoms with E-state index in [0.717, 1.165) is 16.5 Å². The third-order valence-corrected chi connectivity index (χ3v) is 7.78. The molecule has 2 aromatic heterocycles. The van der Waals surface area contributed by atoms with Crippen LogP contribution >= 0.6 is 12.2 Å². The molecule has 1 saturated carbocycles. The summed E-state index contributed by atoms with van der Waals surface area (Å²) < 4.78 is 2.58. The normalized spacial score (nSPS) is 21.2. The maximum absolute atomic E-state index is 5.93. The molecule has 2 aliphatic rings. The second kappa shape index (κ2) is 8.94. The number of nitrogens with one attached hydrogen (secondary N) is 1. The molecule has 5 rings (SSSR count). The van der Waals surface area contributed by atoms with E-state index in [1.165, 1.54) is 48.2 Å². The minimum atomic E-state index is 0.000929. The summed E-state index contributed by atoms with van der Waals surface area (Å²) in [5.41, 5.74) is 7.55. The molecule has 1 aliphatic heterocycles. The van der Waals surface area contributed by atoms with Gasteiger partial charge in [-0.3, -0.25) is 4.98 Å². The first-order valence-electron chi connectivity index (χ1n) is 12.2. The molecule has 0 bridgehead atoms. The third kappa shape index (κ3) is 3.97. The van der Waals surface area contributed by atoms with Crippen molar-refractivity contribution in [1.29, 1.82) is 0 Å². The Balaban J connectivity index is 1.62. The Hall–Kier alpha value is -2.66. The van der Waals surface area contributed by atoms with Gasteiger partial charge in [0.15, 0.2) is 5.11 Å². The van der Waals surface area contributed by atoms with Crippen molar-refractivity contribution >= 4 is 23.0 Å². The molecule has 2 atom stereocenters. The standard InChI is InChI=1S/C28H34N4S/c1-18(2)21-12-14-23(15-13-21)32-27(26(30-28(32)33)25-11-7-8-16-29-25)24-17-19(3)31(20(24)4)22-9-5-6-10-22/h7-8,11-18,22,26-27H,5-6,9-10H2,1-4H3,(H,30,33)/t26-,27-/m1/s1. The first kappa shape index (κ1) is 22.1. The van der Waals surface area contributed by atoms with Crippen molar-refractivity contribution in [2.75, 3.05) is 4.90 Å². The maximum Gasteiger partial charge on any atom is 0.174 e. The molecule has 3 aromatic rings. The van der Waals surface area contributed by atoms with E-state index < -0.39 is 0 Å². The Bertz CT molecular complexity index is 1130.